The van der Waals surface area contributed by atoms with Crippen molar-refractivity contribution in [2.24, 2.45) is 13.0 Å². The molecule has 35 heavy (non-hydrogen) atoms. The molecule has 7 rings (SSSR count). The van der Waals surface area contributed by atoms with Crippen LogP contribution in [0.3, 0.4) is 0 Å². The van der Waals surface area contributed by atoms with Gasteiger partial charge in [-0.3, -0.25) is 4.68 Å². The standard InChI is InChI=1S/C24H25N9O2/c1-14-27-22-20(33(14)18-3-4-18)7-16(8-25-22)19-5-6-32-21(19)23(35-13-15-11-34-12-15)29-24(30-32)28-17-9-26-31(2)10-17/h5-10,15,18H,3-4,11-13H2,1-2H3,(H,28,30). The predicted octanol–water partition coefficient (Wildman–Crippen LogP) is 3.29. The minimum atomic E-state index is 0.368. The summed E-state index contributed by atoms with van der Waals surface area (Å²) in [6.45, 7) is 4.00. The maximum absolute atomic E-state index is 6.24. The van der Waals surface area contributed by atoms with Crippen LogP contribution in [0.15, 0.2) is 36.9 Å². The molecule has 1 saturated carbocycles. The second-order valence-corrected chi connectivity index (χ2v) is 9.33. The molecule has 0 radical (unpaired) electrons. The van der Waals surface area contributed by atoms with Gasteiger partial charge in [-0.1, -0.05) is 0 Å². The Labute approximate surface area is 200 Å². The van der Waals surface area contributed by atoms with E-state index in [2.05, 4.69) is 36.1 Å². The summed E-state index contributed by atoms with van der Waals surface area (Å²) in [5.41, 5.74) is 5.39. The summed E-state index contributed by atoms with van der Waals surface area (Å²) in [4.78, 5) is 14.1. The van der Waals surface area contributed by atoms with Crippen molar-refractivity contribution in [3.63, 3.8) is 0 Å². The molecule has 2 aliphatic rings. The van der Waals surface area contributed by atoms with E-state index in [9.17, 15) is 0 Å². The van der Waals surface area contributed by atoms with E-state index >= 15 is 0 Å². The van der Waals surface area contributed by atoms with Gasteiger partial charge in [0.05, 0.1) is 37.2 Å². The van der Waals surface area contributed by atoms with E-state index in [1.165, 1.54) is 12.8 Å². The van der Waals surface area contributed by atoms with Crippen LogP contribution in [0, 0.1) is 12.8 Å². The fourth-order valence-electron chi connectivity index (χ4n) is 4.60. The van der Waals surface area contributed by atoms with E-state index in [1.807, 2.05) is 38.6 Å². The van der Waals surface area contributed by atoms with Crippen LogP contribution in [0.2, 0.25) is 0 Å². The molecule has 1 aliphatic heterocycles. The third-order valence-electron chi connectivity index (χ3n) is 6.55. The lowest BCUT2D eigenvalue weighted by Crippen LogP contribution is -2.32. The summed E-state index contributed by atoms with van der Waals surface area (Å²) in [7, 11) is 1.87. The van der Waals surface area contributed by atoms with Crippen LogP contribution in [0.5, 0.6) is 5.88 Å². The number of rotatable bonds is 7. The second kappa shape index (κ2) is 7.77. The van der Waals surface area contributed by atoms with Crippen molar-refractivity contribution in [3.8, 4) is 17.0 Å². The van der Waals surface area contributed by atoms with Gasteiger partial charge in [0.1, 0.15) is 11.3 Å². The molecule has 11 heteroatoms. The molecule has 5 aromatic rings. The molecule has 178 valence electrons. The van der Waals surface area contributed by atoms with Crippen molar-refractivity contribution in [2.45, 2.75) is 25.8 Å². The summed E-state index contributed by atoms with van der Waals surface area (Å²) < 4.78 is 17.4. The smallest absolute Gasteiger partial charge is 0.248 e. The van der Waals surface area contributed by atoms with Gasteiger partial charge in [-0.2, -0.15) is 10.1 Å². The Morgan fingerprint density at radius 2 is 2.09 bits per heavy atom. The van der Waals surface area contributed by atoms with Gasteiger partial charge in [0.15, 0.2) is 5.65 Å². The molecule has 0 amide bonds. The molecule has 0 unspecified atom stereocenters. The van der Waals surface area contributed by atoms with E-state index in [0.29, 0.717) is 43.6 Å². The maximum atomic E-state index is 6.24. The second-order valence-electron chi connectivity index (χ2n) is 9.33. The molecule has 1 N–H and O–H groups in total. The first-order chi connectivity index (χ1) is 17.1. The first-order valence-electron chi connectivity index (χ1n) is 11.8. The number of aromatic nitrogens is 8. The van der Waals surface area contributed by atoms with E-state index in [1.54, 1.807) is 15.4 Å². The Kier molecular flexibility index (Phi) is 4.53. The van der Waals surface area contributed by atoms with Crippen LogP contribution in [-0.2, 0) is 11.8 Å². The number of pyridine rings is 1. The lowest BCUT2D eigenvalue weighted by atomic mass is 10.1. The monoisotopic (exact) mass is 471 g/mol. The topological polar surface area (TPSA) is 109 Å². The lowest BCUT2D eigenvalue weighted by molar-refractivity contribution is -0.0512. The third kappa shape index (κ3) is 3.59. The van der Waals surface area contributed by atoms with Crippen LogP contribution < -0.4 is 10.1 Å². The van der Waals surface area contributed by atoms with Gasteiger partial charge >= 0.3 is 0 Å². The average molecular weight is 472 g/mol. The third-order valence-corrected chi connectivity index (χ3v) is 6.55. The number of fused-ring (bicyclic) bond motifs is 2. The maximum Gasteiger partial charge on any atom is 0.248 e. The quantitative estimate of drug-likeness (QED) is 0.385. The molecule has 1 aliphatic carbocycles. The summed E-state index contributed by atoms with van der Waals surface area (Å²) in [6, 6.07) is 4.72. The SMILES string of the molecule is Cc1nc2ncc(-c3ccn4nc(Nc5cnn(C)c5)nc(OCC5COC5)c34)cc2n1C1CC1. The van der Waals surface area contributed by atoms with Crippen molar-refractivity contribution < 1.29 is 9.47 Å². The van der Waals surface area contributed by atoms with Crippen LogP contribution >= 0.6 is 0 Å². The highest BCUT2D eigenvalue weighted by molar-refractivity contribution is 5.88. The van der Waals surface area contributed by atoms with E-state index in [-0.39, 0.29) is 0 Å². The molecule has 2 fully saturated rings. The number of hydrogen-bond acceptors (Lipinski definition) is 8. The van der Waals surface area contributed by atoms with E-state index in [0.717, 1.165) is 39.3 Å². The van der Waals surface area contributed by atoms with Crippen molar-refractivity contribution in [1.82, 2.24) is 38.9 Å². The van der Waals surface area contributed by atoms with Crippen LogP contribution in [0.25, 0.3) is 27.8 Å². The molecular formula is C24H25N9O2. The fraction of sp³-hybridized carbons (Fsp3) is 0.375. The number of aryl methyl sites for hydroxylation is 2. The number of hydrogen-bond donors (Lipinski definition) is 1. The van der Waals surface area contributed by atoms with Crippen LogP contribution in [0.1, 0.15) is 24.7 Å². The lowest BCUT2D eigenvalue weighted by Gasteiger charge is -2.25. The molecule has 1 saturated heterocycles. The van der Waals surface area contributed by atoms with Crippen molar-refractivity contribution in [1.29, 1.82) is 0 Å². The molecule has 0 atom stereocenters. The van der Waals surface area contributed by atoms with Gasteiger partial charge in [-0.05, 0) is 31.9 Å². The number of imidazole rings is 1. The molecule has 5 aromatic heterocycles. The summed E-state index contributed by atoms with van der Waals surface area (Å²) in [5.74, 6) is 2.33. The zero-order valence-electron chi connectivity index (χ0n) is 19.5. The van der Waals surface area contributed by atoms with E-state index in [4.69, 9.17) is 14.5 Å². The Balaban J connectivity index is 1.32. The fourth-order valence-corrected chi connectivity index (χ4v) is 4.60. The van der Waals surface area contributed by atoms with Crippen molar-refractivity contribution in [3.05, 3.63) is 42.7 Å². The Hall–Kier alpha value is -3.99. The molecule has 0 spiro atoms. The van der Waals surface area contributed by atoms with Gasteiger partial charge in [-0.25, -0.2) is 14.5 Å². The number of ether oxygens (including phenoxy) is 2. The molecule has 0 aromatic carbocycles. The first-order valence-corrected chi connectivity index (χ1v) is 11.8. The van der Waals surface area contributed by atoms with Crippen LogP contribution in [-0.4, -0.2) is 58.7 Å². The number of nitrogens with zero attached hydrogens (tertiary/aromatic N) is 8. The average Bonchev–Trinajstić information content (AvgIpc) is 3.26. The molecule has 6 heterocycles. The Morgan fingerprint density at radius 1 is 1.20 bits per heavy atom. The summed E-state index contributed by atoms with van der Waals surface area (Å²) in [5, 5.41) is 12.1. The first kappa shape index (κ1) is 20.4. The number of nitrogens with one attached hydrogen (secondary N) is 1. The Bertz CT molecular complexity index is 1560. The van der Waals surface area contributed by atoms with Gasteiger partial charge in [0.2, 0.25) is 11.8 Å². The van der Waals surface area contributed by atoms with Crippen molar-refractivity contribution in [2.75, 3.05) is 25.1 Å². The van der Waals surface area contributed by atoms with Crippen LogP contribution in [0.4, 0.5) is 11.6 Å². The highest BCUT2D eigenvalue weighted by Crippen LogP contribution is 2.39. The molecule has 11 nitrogen and oxygen atoms in total. The van der Waals surface area contributed by atoms with Gasteiger partial charge in [0.25, 0.3) is 0 Å². The largest absolute Gasteiger partial charge is 0.476 e. The highest BCUT2D eigenvalue weighted by Gasteiger charge is 2.28. The predicted molar refractivity (Wildman–Crippen MR) is 129 cm³/mol. The summed E-state index contributed by atoms with van der Waals surface area (Å²) >= 11 is 0. The van der Waals surface area contributed by atoms with Crippen molar-refractivity contribution >= 4 is 28.3 Å². The van der Waals surface area contributed by atoms with Gasteiger partial charge in [0, 0.05) is 48.7 Å². The van der Waals surface area contributed by atoms with E-state index < -0.39 is 0 Å². The zero-order chi connectivity index (χ0) is 23.5. The summed E-state index contributed by atoms with van der Waals surface area (Å²) in [6.07, 6.45) is 9.77. The normalized spacial score (nSPS) is 16.2. The minimum absolute atomic E-state index is 0.368. The molecule has 0 bridgehead atoms. The van der Waals surface area contributed by atoms with Gasteiger partial charge in [-0.15, -0.1) is 5.10 Å². The number of anilines is 2. The minimum Gasteiger partial charge on any atom is -0.476 e. The zero-order valence-corrected chi connectivity index (χ0v) is 19.5. The van der Waals surface area contributed by atoms with Gasteiger partial charge < -0.3 is 19.4 Å². The Morgan fingerprint density at radius 3 is 2.83 bits per heavy atom. The molecular weight excluding hydrogens is 446 g/mol. The highest BCUT2D eigenvalue weighted by atomic mass is 16.5.